The Labute approximate surface area is 168 Å². The smallest absolute Gasteiger partial charge is 0.416 e. The maximum atomic E-state index is 12.7. The fraction of sp³-hybridized carbons (Fsp3) is 0.400. The Morgan fingerprint density at radius 2 is 1.73 bits per heavy atom. The summed E-state index contributed by atoms with van der Waals surface area (Å²) < 4.78 is 42.9. The average molecular weight is 422 g/mol. The maximum Gasteiger partial charge on any atom is 0.416 e. The molecule has 7 nitrogen and oxygen atoms in total. The van der Waals surface area contributed by atoms with Gasteiger partial charge < -0.3 is 10.1 Å². The molecule has 1 saturated carbocycles. The van der Waals surface area contributed by atoms with Crippen LogP contribution in [0.15, 0.2) is 36.4 Å². The molecule has 0 aromatic heterocycles. The number of likely N-dealkylation sites (tertiary alicyclic amines) is 1. The number of carbonyl (C=O) groups is 4. The zero-order valence-electron chi connectivity index (χ0n) is 15.5. The molecule has 0 radical (unpaired) electrons. The van der Waals surface area contributed by atoms with E-state index in [-0.39, 0.29) is 17.5 Å². The summed E-state index contributed by atoms with van der Waals surface area (Å²) in [6, 6.07) is 4.00. The van der Waals surface area contributed by atoms with E-state index < -0.39 is 60.4 Å². The summed E-state index contributed by atoms with van der Waals surface area (Å²) in [7, 11) is 0. The highest BCUT2D eigenvalue weighted by atomic mass is 19.4. The van der Waals surface area contributed by atoms with Crippen LogP contribution in [-0.4, -0.2) is 41.7 Å². The normalized spacial score (nSPS) is 26.8. The molecule has 3 aliphatic rings. The van der Waals surface area contributed by atoms with Gasteiger partial charge in [0.15, 0.2) is 6.61 Å². The van der Waals surface area contributed by atoms with Crippen LogP contribution in [-0.2, 0) is 30.1 Å². The summed E-state index contributed by atoms with van der Waals surface area (Å²) >= 11 is 0. The Morgan fingerprint density at radius 1 is 1.10 bits per heavy atom. The van der Waals surface area contributed by atoms with Crippen LogP contribution in [0.1, 0.15) is 12.0 Å². The topological polar surface area (TPSA) is 92.8 Å². The highest BCUT2D eigenvalue weighted by molar-refractivity contribution is 6.08. The van der Waals surface area contributed by atoms with Gasteiger partial charge in [0.25, 0.3) is 5.91 Å². The Hall–Kier alpha value is -3.17. The Bertz CT molecular complexity index is 928. The lowest BCUT2D eigenvalue weighted by Gasteiger charge is -2.16. The van der Waals surface area contributed by atoms with Crippen LogP contribution >= 0.6 is 0 Å². The van der Waals surface area contributed by atoms with Crippen molar-refractivity contribution in [3.05, 3.63) is 42.0 Å². The number of allylic oxidation sites excluding steroid dienone is 2. The summed E-state index contributed by atoms with van der Waals surface area (Å²) in [5, 5.41) is 2.20. The molecular weight excluding hydrogens is 405 g/mol. The standard InChI is InChI=1S/C20H17F3N2O5/c21-20(22,23)12-2-1-3-13(7-12)24-14(26)9-30-15(27)8-25-18(28)16-10-4-5-11(6-10)17(16)19(25)29/h1-5,7,10-11,16-17H,6,8-9H2,(H,24,26)/t10-,11-,16-,17+/m0/s1. The fourth-order valence-corrected chi connectivity index (χ4v) is 4.41. The molecule has 4 rings (SSSR count). The van der Waals surface area contributed by atoms with Crippen LogP contribution < -0.4 is 5.32 Å². The van der Waals surface area contributed by atoms with Crippen LogP contribution in [0.5, 0.6) is 0 Å². The number of alkyl halides is 3. The third kappa shape index (κ3) is 3.57. The van der Waals surface area contributed by atoms with Crippen LogP contribution in [0.2, 0.25) is 0 Å². The van der Waals surface area contributed by atoms with E-state index in [0.29, 0.717) is 0 Å². The first kappa shape index (κ1) is 20.1. The predicted octanol–water partition coefficient (Wildman–Crippen LogP) is 1.99. The number of imide groups is 1. The minimum atomic E-state index is -4.56. The number of hydrogen-bond acceptors (Lipinski definition) is 5. The molecule has 2 aliphatic carbocycles. The van der Waals surface area contributed by atoms with Gasteiger partial charge in [-0.2, -0.15) is 13.2 Å². The van der Waals surface area contributed by atoms with Crippen molar-refractivity contribution in [2.45, 2.75) is 12.6 Å². The third-order valence-corrected chi connectivity index (χ3v) is 5.69. The number of carbonyl (C=O) groups excluding carboxylic acids is 4. The number of esters is 1. The number of hydrogen-bond donors (Lipinski definition) is 1. The van der Waals surface area contributed by atoms with Crippen molar-refractivity contribution in [3.8, 4) is 0 Å². The van der Waals surface area contributed by atoms with Gasteiger partial charge >= 0.3 is 12.1 Å². The highest BCUT2D eigenvalue weighted by Crippen LogP contribution is 2.52. The number of halogens is 3. The quantitative estimate of drug-likeness (QED) is 0.445. The molecule has 4 atom stereocenters. The molecule has 2 fully saturated rings. The van der Waals surface area contributed by atoms with Crippen LogP contribution in [0.4, 0.5) is 18.9 Å². The number of ether oxygens (including phenoxy) is 1. The summed E-state index contributed by atoms with van der Waals surface area (Å²) in [5.74, 6) is -3.48. The van der Waals surface area contributed by atoms with Gasteiger partial charge in [-0.3, -0.25) is 24.1 Å². The molecule has 1 aromatic rings. The van der Waals surface area contributed by atoms with E-state index in [1.165, 1.54) is 6.07 Å². The Kier molecular flexibility index (Phi) is 4.87. The van der Waals surface area contributed by atoms with Crippen molar-refractivity contribution in [3.63, 3.8) is 0 Å². The lowest BCUT2D eigenvalue weighted by atomic mass is 9.85. The maximum absolute atomic E-state index is 12.7. The molecule has 0 spiro atoms. The summed E-state index contributed by atoms with van der Waals surface area (Å²) in [5.41, 5.74) is -1.04. The Morgan fingerprint density at radius 3 is 2.33 bits per heavy atom. The molecule has 10 heteroatoms. The van der Waals surface area contributed by atoms with Gasteiger partial charge in [-0.15, -0.1) is 0 Å². The average Bonchev–Trinajstić information content (AvgIpc) is 3.36. The van der Waals surface area contributed by atoms with Crippen molar-refractivity contribution < 1.29 is 37.1 Å². The second-order valence-electron chi connectivity index (χ2n) is 7.55. The largest absolute Gasteiger partial charge is 0.454 e. The SMILES string of the molecule is O=C(COC(=O)CN1C(=O)[C@@H]2[C@H](C1=O)[C@H]1C=C[C@H]2C1)Nc1cccc(C(F)(F)F)c1. The minimum absolute atomic E-state index is 0.00992. The van der Waals surface area contributed by atoms with Gasteiger partial charge in [0, 0.05) is 5.69 Å². The van der Waals surface area contributed by atoms with Gasteiger partial charge in [-0.05, 0) is 36.5 Å². The van der Waals surface area contributed by atoms with Gasteiger partial charge in [0.05, 0.1) is 17.4 Å². The molecule has 1 aliphatic heterocycles. The minimum Gasteiger partial charge on any atom is -0.454 e. The monoisotopic (exact) mass is 422 g/mol. The van der Waals surface area contributed by atoms with Crippen LogP contribution in [0.3, 0.4) is 0 Å². The van der Waals surface area contributed by atoms with Gasteiger partial charge in [0.2, 0.25) is 11.8 Å². The third-order valence-electron chi connectivity index (χ3n) is 5.69. The molecule has 30 heavy (non-hydrogen) atoms. The van der Waals surface area contributed by atoms with Crippen molar-refractivity contribution in [1.29, 1.82) is 0 Å². The highest BCUT2D eigenvalue weighted by Gasteiger charge is 2.59. The first-order valence-electron chi connectivity index (χ1n) is 9.31. The van der Waals surface area contributed by atoms with E-state index in [0.717, 1.165) is 29.5 Å². The number of benzene rings is 1. The lowest BCUT2D eigenvalue weighted by Crippen LogP contribution is -2.38. The summed E-state index contributed by atoms with van der Waals surface area (Å²) in [6.07, 6.45) is 0.0595. The number of fused-ring (bicyclic) bond motifs is 5. The molecule has 1 N–H and O–H groups in total. The van der Waals surface area contributed by atoms with Crippen molar-refractivity contribution in [1.82, 2.24) is 4.90 Å². The van der Waals surface area contributed by atoms with E-state index in [4.69, 9.17) is 4.74 Å². The summed E-state index contributed by atoms with van der Waals surface area (Å²) in [6.45, 7) is -1.36. The number of rotatable bonds is 5. The molecule has 158 valence electrons. The first-order valence-corrected chi connectivity index (χ1v) is 9.31. The summed E-state index contributed by atoms with van der Waals surface area (Å²) in [4.78, 5) is 49.8. The molecule has 1 heterocycles. The molecule has 1 saturated heterocycles. The zero-order valence-corrected chi connectivity index (χ0v) is 15.5. The van der Waals surface area contributed by atoms with Crippen molar-refractivity contribution in [2.75, 3.05) is 18.5 Å². The van der Waals surface area contributed by atoms with Crippen LogP contribution in [0.25, 0.3) is 0 Å². The van der Waals surface area contributed by atoms with Gasteiger partial charge in [-0.25, -0.2) is 0 Å². The predicted molar refractivity (Wildman–Crippen MR) is 95.5 cm³/mol. The molecule has 0 unspecified atom stereocenters. The number of nitrogens with zero attached hydrogens (tertiary/aromatic N) is 1. The van der Waals surface area contributed by atoms with E-state index in [2.05, 4.69) is 5.32 Å². The van der Waals surface area contributed by atoms with E-state index in [1.807, 2.05) is 12.2 Å². The van der Waals surface area contributed by atoms with Crippen LogP contribution in [0, 0.1) is 23.7 Å². The second-order valence-corrected chi connectivity index (χ2v) is 7.55. The van der Waals surface area contributed by atoms with Gasteiger partial charge in [-0.1, -0.05) is 18.2 Å². The van der Waals surface area contributed by atoms with E-state index >= 15 is 0 Å². The lowest BCUT2D eigenvalue weighted by molar-refractivity contribution is -0.154. The molecule has 1 aromatic carbocycles. The van der Waals surface area contributed by atoms with E-state index in [1.54, 1.807) is 0 Å². The van der Waals surface area contributed by atoms with Crippen molar-refractivity contribution >= 4 is 29.4 Å². The Balaban J connectivity index is 1.29. The fourth-order valence-electron chi connectivity index (χ4n) is 4.41. The number of nitrogens with one attached hydrogen (secondary N) is 1. The molecular formula is C20H17F3N2O5. The first-order chi connectivity index (χ1) is 14.1. The van der Waals surface area contributed by atoms with Gasteiger partial charge in [0.1, 0.15) is 6.54 Å². The number of amides is 3. The number of anilines is 1. The molecule has 3 amide bonds. The zero-order chi connectivity index (χ0) is 21.6. The molecule has 2 bridgehead atoms. The van der Waals surface area contributed by atoms with E-state index in [9.17, 15) is 32.3 Å². The second kappa shape index (κ2) is 7.26. The van der Waals surface area contributed by atoms with Crippen molar-refractivity contribution in [2.24, 2.45) is 23.7 Å².